The summed E-state index contributed by atoms with van der Waals surface area (Å²) in [4.78, 5) is 10.9. The first-order chi connectivity index (χ1) is 7.06. The molecule has 0 aromatic heterocycles. The topological polar surface area (TPSA) is 46.5 Å². The summed E-state index contributed by atoms with van der Waals surface area (Å²) in [7, 11) is 0. The van der Waals surface area contributed by atoms with Crippen LogP contribution in [0.1, 0.15) is 59.3 Å². The van der Waals surface area contributed by atoms with Gasteiger partial charge in [-0.25, -0.2) is 4.79 Å². The molecule has 0 amide bonds. The van der Waals surface area contributed by atoms with E-state index in [9.17, 15) is 4.79 Å². The third-order valence-corrected chi connectivity index (χ3v) is 2.80. The fourth-order valence-corrected chi connectivity index (χ4v) is 1.32. The quantitative estimate of drug-likeness (QED) is 0.602. The van der Waals surface area contributed by atoms with Crippen molar-refractivity contribution in [1.29, 1.82) is 0 Å². The first kappa shape index (κ1) is 14.4. The molecule has 0 bridgehead atoms. The molecule has 0 aromatic carbocycles. The Hall–Kier alpha value is -0.570. The molecule has 3 nitrogen and oxygen atoms in total. The highest BCUT2D eigenvalue weighted by molar-refractivity contribution is 5.76. The molecule has 0 aliphatic heterocycles. The molecule has 0 rings (SSSR count). The van der Waals surface area contributed by atoms with E-state index in [1.807, 2.05) is 6.92 Å². The van der Waals surface area contributed by atoms with Gasteiger partial charge in [0.15, 0.2) is 5.60 Å². The lowest BCUT2D eigenvalue weighted by Crippen LogP contribution is -2.37. The molecule has 3 heteroatoms. The molecule has 0 radical (unpaired) electrons. The van der Waals surface area contributed by atoms with Gasteiger partial charge in [0.2, 0.25) is 0 Å². The molecule has 90 valence electrons. The second-order valence-electron chi connectivity index (χ2n) is 4.15. The number of aliphatic carboxylic acids is 1. The van der Waals surface area contributed by atoms with E-state index in [1.54, 1.807) is 6.92 Å². The van der Waals surface area contributed by atoms with Crippen LogP contribution >= 0.6 is 0 Å². The number of hydrogen-bond acceptors (Lipinski definition) is 2. The summed E-state index contributed by atoms with van der Waals surface area (Å²) in [5.74, 6) is -0.862. The van der Waals surface area contributed by atoms with Gasteiger partial charge < -0.3 is 9.84 Å². The standard InChI is InChI=1S/C12H24O3/c1-4-6-7-8-9-10-15-12(3,5-2)11(13)14/h4-10H2,1-3H3,(H,13,14). The van der Waals surface area contributed by atoms with Crippen molar-refractivity contribution in [3.63, 3.8) is 0 Å². The third kappa shape index (κ3) is 5.78. The maximum atomic E-state index is 10.9. The molecule has 0 saturated carbocycles. The number of carboxylic acids is 1. The lowest BCUT2D eigenvalue weighted by molar-refractivity contribution is -0.164. The smallest absolute Gasteiger partial charge is 0.335 e. The predicted molar refractivity (Wildman–Crippen MR) is 61.0 cm³/mol. The fraction of sp³-hybridized carbons (Fsp3) is 0.917. The number of hydrogen-bond donors (Lipinski definition) is 1. The van der Waals surface area contributed by atoms with Gasteiger partial charge in [0.05, 0.1) is 0 Å². The molecule has 0 aliphatic rings. The normalized spacial score (nSPS) is 14.9. The van der Waals surface area contributed by atoms with E-state index >= 15 is 0 Å². The van der Waals surface area contributed by atoms with Gasteiger partial charge in [0.1, 0.15) is 0 Å². The first-order valence-corrected chi connectivity index (χ1v) is 5.94. The van der Waals surface area contributed by atoms with Crippen LogP contribution in [0.5, 0.6) is 0 Å². The minimum Gasteiger partial charge on any atom is -0.479 e. The Morgan fingerprint density at radius 1 is 1.20 bits per heavy atom. The van der Waals surface area contributed by atoms with Crippen molar-refractivity contribution in [2.45, 2.75) is 64.9 Å². The molecule has 0 heterocycles. The molecule has 0 fully saturated rings. The molecular weight excluding hydrogens is 192 g/mol. The predicted octanol–water partition coefficient (Wildman–Crippen LogP) is 3.23. The zero-order chi connectivity index (χ0) is 11.7. The van der Waals surface area contributed by atoms with Gasteiger partial charge in [-0.05, 0) is 19.8 Å². The van der Waals surface area contributed by atoms with E-state index < -0.39 is 11.6 Å². The molecule has 1 atom stereocenters. The SMILES string of the molecule is CCCCCCCOC(C)(CC)C(=O)O. The van der Waals surface area contributed by atoms with Crippen LogP contribution in [0.25, 0.3) is 0 Å². The van der Waals surface area contributed by atoms with Crippen LogP contribution in [0.3, 0.4) is 0 Å². The molecule has 0 spiro atoms. The Labute approximate surface area is 92.8 Å². The number of carbonyl (C=O) groups is 1. The first-order valence-electron chi connectivity index (χ1n) is 5.94. The number of unbranched alkanes of at least 4 members (excludes halogenated alkanes) is 4. The average Bonchev–Trinajstić information content (AvgIpc) is 2.22. The van der Waals surface area contributed by atoms with Gasteiger partial charge in [0, 0.05) is 6.61 Å². The van der Waals surface area contributed by atoms with Gasteiger partial charge in [-0.1, -0.05) is 39.5 Å². The van der Waals surface area contributed by atoms with Gasteiger partial charge in [-0.3, -0.25) is 0 Å². The number of rotatable bonds is 9. The fourth-order valence-electron chi connectivity index (χ4n) is 1.32. The lowest BCUT2D eigenvalue weighted by Gasteiger charge is -2.23. The zero-order valence-electron chi connectivity index (χ0n) is 10.2. The Bertz CT molecular complexity index is 180. The van der Waals surface area contributed by atoms with Crippen molar-refractivity contribution < 1.29 is 14.6 Å². The summed E-state index contributed by atoms with van der Waals surface area (Å²) in [6.07, 6.45) is 6.30. The van der Waals surface area contributed by atoms with Crippen molar-refractivity contribution in [2.75, 3.05) is 6.61 Å². The van der Waals surface area contributed by atoms with E-state index in [0.717, 1.165) is 12.8 Å². The summed E-state index contributed by atoms with van der Waals surface area (Å²) >= 11 is 0. The molecule has 1 N–H and O–H groups in total. The Morgan fingerprint density at radius 3 is 2.27 bits per heavy atom. The Kier molecular flexibility index (Phi) is 7.39. The Balaban J connectivity index is 3.60. The van der Waals surface area contributed by atoms with Crippen molar-refractivity contribution >= 4 is 5.97 Å². The van der Waals surface area contributed by atoms with Gasteiger partial charge in [-0.15, -0.1) is 0 Å². The summed E-state index contributed by atoms with van der Waals surface area (Å²) in [6.45, 7) is 6.21. The second-order valence-corrected chi connectivity index (χ2v) is 4.15. The molecule has 0 aromatic rings. The summed E-state index contributed by atoms with van der Waals surface area (Å²) in [5.41, 5.74) is -0.995. The molecule has 1 unspecified atom stereocenters. The zero-order valence-corrected chi connectivity index (χ0v) is 10.2. The van der Waals surface area contributed by atoms with Crippen LogP contribution in [-0.2, 0) is 9.53 Å². The van der Waals surface area contributed by atoms with Crippen LogP contribution < -0.4 is 0 Å². The van der Waals surface area contributed by atoms with Crippen LogP contribution in [0, 0.1) is 0 Å². The van der Waals surface area contributed by atoms with E-state index in [-0.39, 0.29) is 0 Å². The highest BCUT2D eigenvalue weighted by atomic mass is 16.5. The molecule has 0 aliphatic carbocycles. The summed E-state index contributed by atoms with van der Waals surface area (Å²) < 4.78 is 5.42. The minimum absolute atomic E-state index is 0.511. The van der Waals surface area contributed by atoms with Crippen LogP contribution in [0.15, 0.2) is 0 Å². The van der Waals surface area contributed by atoms with Gasteiger partial charge in [-0.2, -0.15) is 0 Å². The number of ether oxygens (including phenoxy) is 1. The summed E-state index contributed by atoms with van der Waals surface area (Å²) in [5, 5.41) is 8.95. The Morgan fingerprint density at radius 2 is 1.80 bits per heavy atom. The maximum Gasteiger partial charge on any atom is 0.335 e. The van der Waals surface area contributed by atoms with Gasteiger partial charge >= 0.3 is 5.97 Å². The number of carboxylic acid groups (broad SMARTS) is 1. The molecule has 15 heavy (non-hydrogen) atoms. The van der Waals surface area contributed by atoms with Gasteiger partial charge in [0.25, 0.3) is 0 Å². The second kappa shape index (κ2) is 7.69. The van der Waals surface area contributed by atoms with Crippen LogP contribution in [-0.4, -0.2) is 23.3 Å². The molecule has 0 saturated heterocycles. The monoisotopic (exact) mass is 216 g/mol. The highest BCUT2D eigenvalue weighted by Gasteiger charge is 2.31. The van der Waals surface area contributed by atoms with E-state index in [2.05, 4.69) is 6.92 Å². The maximum absolute atomic E-state index is 10.9. The van der Waals surface area contributed by atoms with Crippen molar-refractivity contribution in [2.24, 2.45) is 0 Å². The molecular formula is C12H24O3. The van der Waals surface area contributed by atoms with E-state index in [1.165, 1.54) is 19.3 Å². The van der Waals surface area contributed by atoms with Crippen molar-refractivity contribution in [3.05, 3.63) is 0 Å². The summed E-state index contributed by atoms with van der Waals surface area (Å²) in [6, 6.07) is 0. The highest BCUT2D eigenvalue weighted by Crippen LogP contribution is 2.16. The third-order valence-electron chi connectivity index (χ3n) is 2.80. The largest absolute Gasteiger partial charge is 0.479 e. The minimum atomic E-state index is -0.995. The van der Waals surface area contributed by atoms with Crippen LogP contribution in [0.4, 0.5) is 0 Å². The van der Waals surface area contributed by atoms with E-state index in [0.29, 0.717) is 13.0 Å². The van der Waals surface area contributed by atoms with E-state index in [4.69, 9.17) is 9.84 Å². The van der Waals surface area contributed by atoms with Crippen molar-refractivity contribution in [3.8, 4) is 0 Å². The van der Waals surface area contributed by atoms with Crippen molar-refractivity contribution in [1.82, 2.24) is 0 Å². The average molecular weight is 216 g/mol. The lowest BCUT2D eigenvalue weighted by atomic mass is 10.0. The van der Waals surface area contributed by atoms with Crippen LogP contribution in [0.2, 0.25) is 0 Å².